The Hall–Kier alpha value is -6.85. The van der Waals surface area contributed by atoms with Crippen LogP contribution in [0, 0.1) is 0 Å². The minimum absolute atomic E-state index is 0.585. The monoisotopic (exact) mass is 653 g/mol. The van der Waals surface area contributed by atoms with Crippen molar-refractivity contribution >= 4 is 21.9 Å². The van der Waals surface area contributed by atoms with E-state index in [0.29, 0.717) is 17.5 Å². The van der Waals surface area contributed by atoms with Gasteiger partial charge in [0.1, 0.15) is 22.7 Å². The molecule has 11 rings (SSSR count). The molecule has 51 heavy (non-hydrogen) atoms. The summed E-state index contributed by atoms with van der Waals surface area (Å²) < 4.78 is 13.4. The van der Waals surface area contributed by atoms with Gasteiger partial charge in [0, 0.05) is 44.7 Å². The minimum Gasteiger partial charge on any atom is -0.457 e. The van der Waals surface area contributed by atoms with Crippen LogP contribution in [0.15, 0.2) is 168 Å². The van der Waals surface area contributed by atoms with Crippen LogP contribution >= 0.6 is 0 Å². The zero-order chi connectivity index (χ0) is 33.5. The van der Waals surface area contributed by atoms with Crippen molar-refractivity contribution in [1.29, 1.82) is 0 Å². The van der Waals surface area contributed by atoms with Gasteiger partial charge in [0.25, 0.3) is 0 Å². The summed E-state index contributed by atoms with van der Waals surface area (Å²) in [5.74, 6) is 3.45. The zero-order valence-electron chi connectivity index (χ0n) is 27.2. The van der Waals surface area contributed by atoms with E-state index in [1.54, 1.807) is 0 Å². The largest absolute Gasteiger partial charge is 0.457 e. The van der Waals surface area contributed by atoms with Crippen LogP contribution in [0.2, 0.25) is 0 Å². The number of para-hydroxylation sites is 1. The van der Waals surface area contributed by atoms with Gasteiger partial charge in [0.05, 0.1) is 5.41 Å². The molecular weight excluding hydrogens is 627 g/mol. The Bertz CT molecular complexity index is 2740. The molecule has 3 heterocycles. The average molecular weight is 654 g/mol. The fourth-order valence-electron chi connectivity index (χ4n) is 8.29. The molecular formula is C46H27N3O2. The fraction of sp³-hybridized carbons (Fsp3) is 0.0217. The number of fused-ring (bicyclic) bond motifs is 12. The first-order valence-corrected chi connectivity index (χ1v) is 17.1. The summed E-state index contributed by atoms with van der Waals surface area (Å²) in [4.78, 5) is 15.1. The van der Waals surface area contributed by atoms with Gasteiger partial charge in [0.2, 0.25) is 0 Å². The molecule has 1 spiro atoms. The Morgan fingerprint density at radius 2 is 0.941 bits per heavy atom. The molecule has 5 nitrogen and oxygen atoms in total. The first kappa shape index (κ1) is 28.0. The second-order valence-corrected chi connectivity index (χ2v) is 13.1. The molecule has 0 N–H and O–H groups in total. The Morgan fingerprint density at radius 3 is 1.61 bits per heavy atom. The number of aromatic nitrogens is 3. The molecule has 5 heteroatoms. The SMILES string of the molecule is c1ccc(-c2nc(-c3ccccc3)nc(-c3cccc4oc5cc6c(cc5c34)C3(c4ccccc4O6)c4ccccc4-c4ccccc43)n2)cc1. The van der Waals surface area contributed by atoms with Crippen LogP contribution in [-0.2, 0) is 5.41 Å². The molecule has 7 aromatic carbocycles. The lowest BCUT2D eigenvalue weighted by Crippen LogP contribution is -2.32. The predicted octanol–water partition coefficient (Wildman–Crippen LogP) is 11.2. The van der Waals surface area contributed by atoms with E-state index in [4.69, 9.17) is 24.1 Å². The highest BCUT2D eigenvalue weighted by atomic mass is 16.5. The second-order valence-electron chi connectivity index (χ2n) is 13.1. The van der Waals surface area contributed by atoms with Crippen molar-refractivity contribution in [1.82, 2.24) is 15.0 Å². The maximum atomic E-state index is 6.75. The number of nitrogens with zero attached hydrogens (tertiary/aromatic N) is 3. The van der Waals surface area contributed by atoms with Crippen LogP contribution in [0.5, 0.6) is 11.5 Å². The molecule has 238 valence electrons. The van der Waals surface area contributed by atoms with Crippen molar-refractivity contribution in [3.8, 4) is 56.8 Å². The van der Waals surface area contributed by atoms with E-state index in [-0.39, 0.29) is 0 Å². The maximum Gasteiger partial charge on any atom is 0.164 e. The topological polar surface area (TPSA) is 61.0 Å². The summed E-state index contributed by atoms with van der Waals surface area (Å²) in [7, 11) is 0. The van der Waals surface area contributed by atoms with E-state index in [2.05, 4.69) is 84.9 Å². The molecule has 0 fully saturated rings. The van der Waals surface area contributed by atoms with Gasteiger partial charge < -0.3 is 9.15 Å². The maximum absolute atomic E-state index is 6.75. The van der Waals surface area contributed by atoms with Gasteiger partial charge in [-0.3, -0.25) is 0 Å². The van der Waals surface area contributed by atoms with Crippen LogP contribution in [0.3, 0.4) is 0 Å². The molecule has 0 radical (unpaired) electrons. The summed E-state index contributed by atoms with van der Waals surface area (Å²) in [5.41, 5.74) is 10.8. The van der Waals surface area contributed by atoms with E-state index in [0.717, 1.165) is 61.3 Å². The fourth-order valence-corrected chi connectivity index (χ4v) is 8.29. The van der Waals surface area contributed by atoms with Gasteiger partial charge in [-0.2, -0.15) is 0 Å². The molecule has 2 aliphatic rings. The highest BCUT2D eigenvalue weighted by Crippen LogP contribution is 2.62. The third-order valence-electron chi connectivity index (χ3n) is 10.4. The van der Waals surface area contributed by atoms with Gasteiger partial charge in [-0.15, -0.1) is 0 Å². The molecule has 0 atom stereocenters. The summed E-state index contributed by atoms with van der Waals surface area (Å²) in [6.07, 6.45) is 0. The van der Waals surface area contributed by atoms with Gasteiger partial charge in [-0.05, 0) is 40.5 Å². The van der Waals surface area contributed by atoms with Crippen LogP contribution in [0.4, 0.5) is 0 Å². The van der Waals surface area contributed by atoms with E-state index in [1.165, 1.54) is 22.3 Å². The van der Waals surface area contributed by atoms with Crippen molar-refractivity contribution in [3.63, 3.8) is 0 Å². The summed E-state index contributed by atoms with van der Waals surface area (Å²) >= 11 is 0. The predicted molar refractivity (Wildman–Crippen MR) is 201 cm³/mol. The lowest BCUT2D eigenvalue weighted by molar-refractivity contribution is 0.436. The standard InChI is InChI=1S/C46H27N3O2/c1-3-14-28(15-4-1)43-47-44(29-16-5-2-6-17-29)49-45(48-43)32-20-13-25-39-42(32)33-26-37-41(27-40(33)51-39)50-38-24-12-11-23-36(38)46(37)34-21-9-7-18-30(34)31-19-8-10-22-35(31)46/h1-27H. The molecule has 2 aromatic heterocycles. The van der Waals surface area contributed by atoms with Crippen molar-refractivity contribution in [2.75, 3.05) is 0 Å². The highest BCUT2D eigenvalue weighted by Gasteiger charge is 2.51. The number of hydrogen-bond acceptors (Lipinski definition) is 5. The average Bonchev–Trinajstić information content (AvgIpc) is 3.71. The van der Waals surface area contributed by atoms with Crippen LogP contribution < -0.4 is 4.74 Å². The Labute approximate surface area is 293 Å². The van der Waals surface area contributed by atoms with Crippen LogP contribution in [-0.4, -0.2) is 15.0 Å². The highest BCUT2D eigenvalue weighted by molar-refractivity contribution is 6.13. The third-order valence-corrected chi connectivity index (χ3v) is 10.4. The van der Waals surface area contributed by atoms with Gasteiger partial charge in [0.15, 0.2) is 17.5 Å². The van der Waals surface area contributed by atoms with Crippen molar-refractivity contribution in [2.45, 2.75) is 5.41 Å². The van der Waals surface area contributed by atoms with E-state index in [9.17, 15) is 0 Å². The molecule has 0 unspecified atom stereocenters. The summed E-state index contributed by atoms with van der Waals surface area (Å²) in [5, 5.41) is 1.93. The van der Waals surface area contributed by atoms with E-state index >= 15 is 0 Å². The van der Waals surface area contributed by atoms with Crippen molar-refractivity contribution in [3.05, 3.63) is 186 Å². The molecule has 9 aromatic rings. The molecule has 0 saturated heterocycles. The van der Waals surface area contributed by atoms with Gasteiger partial charge >= 0.3 is 0 Å². The quantitative estimate of drug-likeness (QED) is 0.190. The summed E-state index contributed by atoms with van der Waals surface area (Å²) in [6.45, 7) is 0. The third kappa shape index (κ3) is 3.94. The lowest BCUT2D eigenvalue weighted by atomic mass is 9.66. The number of hydrogen-bond donors (Lipinski definition) is 0. The summed E-state index contributed by atoms with van der Waals surface area (Å²) in [6, 6.07) is 56.6. The number of furan rings is 1. The Kier molecular flexibility index (Phi) is 5.81. The Balaban J connectivity index is 1.22. The molecule has 1 aliphatic heterocycles. The van der Waals surface area contributed by atoms with Crippen molar-refractivity contribution < 1.29 is 9.15 Å². The van der Waals surface area contributed by atoms with Gasteiger partial charge in [-0.1, -0.05) is 140 Å². The Morgan fingerprint density at radius 1 is 0.392 bits per heavy atom. The normalized spacial score (nSPS) is 13.4. The van der Waals surface area contributed by atoms with Gasteiger partial charge in [-0.25, -0.2) is 15.0 Å². The number of rotatable bonds is 3. The zero-order valence-corrected chi connectivity index (χ0v) is 27.2. The smallest absolute Gasteiger partial charge is 0.164 e. The minimum atomic E-state index is -0.585. The first-order chi connectivity index (χ1) is 25.3. The molecule has 0 saturated carbocycles. The van der Waals surface area contributed by atoms with E-state index in [1.807, 2.05) is 78.9 Å². The van der Waals surface area contributed by atoms with E-state index < -0.39 is 5.41 Å². The second kappa shape index (κ2) is 10.6. The molecule has 0 amide bonds. The molecule has 1 aliphatic carbocycles. The lowest BCUT2D eigenvalue weighted by Gasteiger charge is -2.39. The number of ether oxygens (including phenoxy) is 1. The van der Waals surface area contributed by atoms with Crippen molar-refractivity contribution in [2.24, 2.45) is 0 Å². The first-order valence-electron chi connectivity index (χ1n) is 17.1. The van der Waals surface area contributed by atoms with Crippen LogP contribution in [0.1, 0.15) is 22.3 Å². The van der Waals surface area contributed by atoms with Crippen LogP contribution in [0.25, 0.3) is 67.2 Å². The molecule has 0 bridgehead atoms. The number of benzene rings is 7.